The average Bonchev–Trinajstić information content (AvgIpc) is 2.77. The summed E-state index contributed by atoms with van der Waals surface area (Å²) in [5.74, 6) is 0.190. The Bertz CT molecular complexity index is 679. The Morgan fingerprint density at radius 1 is 1.29 bits per heavy atom. The molecule has 1 unspecified atom stereocenters. The van der Waals surface area contributed by atoms with Crippen LogP contribution in [0.3, 0.4) is 0 Å². The highest BCUT2D eigenvalue weighted by molar-refractivity contribution is 6.30. The molecule has 0 fully saturated rings. The zero-order valence-electron chi connectivity index (χ0n) is 11.0. The summed E-state index contributed by atoms with van der Waals surface area (Å²) in [5.41, 5.74) is 6.03. The Morgan fingerprint density at radius 3 is 2.71 bits per heavy atom. The third kappa shape index (κ3) is 2.42. The first-order chi connectivity index (χ1) is 9.89. The lowest BCUT2D eigenvalue weighted by Crippen LogP contribution is -2.25. The number of imidazole rings is 1. The van der Waals surface area contributed by atoms with Crippen molar-refractivity contribution in [3.63, 3.8) is 0 Å². The summed E-state index contributed by atoms with van der Waals surface area (Å²) < 4.78 is 41.1. The fraction of sp³-hybridized carbons (Fsp3) is 0.357. The van der Waals surface area contributed by atoms with Crippen molar-refractivity contribution in [1.29, 1.82) is 0 Å². The standard InChI is InChI=1S/C14H13ClF3N3/c15-12-10-6-3-7-11(19)21(10)13(20-12)8-4-1-2-5-9(8)14(16,17)18/h1-2,4-5,11H,3,6-7,19H2. The normalized spacial score (nSPS) is 18.6. The maximum absolute atomic E-state index is 13.2. The van der Waals surface area contributed by atoms with Gasteiger partial charge in [0.25, 0.3) is 0 Å². The lowest BCUT2D eigenvalue weighted by atomic mass is 10.0. The molecule has 1 aromatic heterocycles. The van der Waals surface area contributed by atoms with Gasteiger partial charge in [0.05, 0.1) is 17.4 Å². The summed E-state index contributed by atoms with van der Waals surface area (Å²) in [6.07, 6.45) is -2.62. The highest BCUT2D eigenvalue weighted by atomic mass is 35.5. The average molecular weight is 316 g/mol. The number of halogens is 4. The minimum absolute atomic E-state index is 0.00972. The molecule has 7 heteroatoms. The molecule has 3 rings (SSSR count). The molecular weight excluding hydrogens is 303 g/mol. The van der Waals surface area contributed by atoms with Gasteiger partial charge in [-0.2, -0.15) is 13.2 Å². The molecule has 21 heavy (non-hydrogen) atoms. The van der Waals surface area contributed by atoms with E-state index in [1.165, 1.54) is 12.1 Å². The second kappa shape index (κ2) is 5.03. The molecule has 3 nitrogen and oxygen atoms in total. The minimum Gasteiger partial charge on any atom is -0.311 e. The zero-order chi connectivity index (χ0) is 15.2. The predicted octanol–water partition coefficient (Wildman–Crippen LogP) is 4.02. The van der Waals surface area contributed by atoms with Gasteiger partial charge in [0.1, 0.15) is 5.82 Å². The first-order valence-corrected chi connectivity index (χ1v) is 6.96. The van der Waals surface area contributed by atoms with Gasteiger partial charge in [0.15, 0.2) is 5.15 Å². The molecule has 0 saturated heterocycles. The molecular formula is C14H13ClF3N3. The van der Waals surface area contributed by atoms with Crippen LogP contribution in [0.1, 0.15) is 30.3 Å². The second-order valence-corrected chi connectivity index (χ2v) is 5.40. The highest BCUT2D eigenvalue weighted by Gasteiger charge is 2.35. The molecule has 1 atom stereocenters. The Morgan fingerprint density at radius 2 is 2.00 bits per heavy atom. The van der Waals surface area contributed by atoms with Gasteiger partial charge in [0.2, 0.25) is 0 Å². The van der Waals surface area contributed by atoms with Crippen LogP contribution >= 0.6 is 11.6 Å². The molecule has 1 aliphatic rings. The van der Waals surface area contributed by atoms with E-state index in [0.29, 0.717) is 18.5 Å². The number of hydrogen-bond acceptors (Lipinski definition) is 2. The van der Waals surface area contributed by atoms with Gasteiger partial charge in [-0.15, -0.1) is 0 Å². The quantitative estimate of drug-likeness (QED) is 0.864. The summed E-state index contributed by atoms with van der Waals surface area (Å²) in [7, 11) is 0. The molecule has 0 saturated carbocycles. The second-order valence-electron chi connectivity index (χ2n) is 5.05. The van der Waals surface area contributed by atoms with Crippen molar-refractivity contribution in [3.05, 3.63) is 40.7 Å². The van der Waals surface area contributed by atoms with Crippen LogP contribution in [0.5, 0.6) is 0 Å². The number of rotatable bonds is 1. The summed E-state index contributed by atoms with van der Waals surface area (Å²) in [6, 6.07) is 5.34. The lowest BCUT2D eigenvalue weighted by Gasteiger charge is -2.24. The predicted molar refractivity (Wildman–Crippen MR) is 73.8 cm³/mol. The highest BCUT2D eigenvalue weighted by Crippen LogP contribution is 2.39. The number of fused-ring (bicyclic) bond motifs is 1. The molecule has 0 spiro atoms. The molecule has 0 amide bonds. The van der Waals surface area contributed by atoms with Crippen LogP contribution in [0.2, 0.25) is 5.15 Å². The lowest BCUT2D eigenvalue weighted by molar-refractivity contribution is -0.137. The van der Waals surface area contributed by atoms with Crippen molar-refractivity contribution < 1.29 is 13.2 Å². The number of nitrogens with zero attached hydrogens (tertiary/aromatic N) is 2. The summed E-state index contributed by atoms with van der Waals surface area (Å²) in [5, 5.41) is 0.233. The van der Waals surface area contributed by atoms with Gasteiger partial charge < -0.3 is 10.3 Å². The largest absolute Gasteiger partial charge is 0.417 e. The van der Waals surface area contributed by atoms with E-state index in [-0.39, 0.29) is 16.5 Å². The van der Waals surface area contributed by atoms with E-state index in [1.54, 1.807) is 10.6 Å². The molecule has 1 aromatic carbocycles. The number of alkyl halides is 3. The van der Waals surface area contributed by atoms with Crippen molar-refractivity contribution in [3.8, 4) is 11.4 Å². The van der Waals surface area contributed by atoms with E-state index in [0.717, 1.165) is 12.5 Å². The SMILES string of the molecule is NC1CCCc2c(Cl)nc(-c3ccccc3C(F)(F)F)n21. The van der Waals surface area contributed by atoms with Crippen LogP contribution in [0, 0.1) is 0 Å². The molecule has 2 N–H and O–H groups in total. The van der Waals surface area contributed by atoms with E-state index >= 15 is 0 Å². The van der Waals surface area contributed by atoms with Crippen LogP contribution in [0.4, 0.5) is 13.2 Å². The maximum Gasteiger partial charge on any atom is 0.417 e. The molecule has 0 bridgehead atoms. The monoisotopic (exact) mass is 315 g/mol. The van der Waals surface area contributed by atoms with Crippen LogP contribution in [-0.2, 0) is 12.6 Å². The Kier molecular flexibility index (Phi) is 3.45. The van der Waals surface area contributed by atoms with Crippen molar-refractivity contribution in [2.45, 2.75) is 31.6 Å². The minimum atomic E-state index is -4.45. The summed E-state index contributed by atoms with van der Waals surface area (Å²) in [6.45, 7) is 0. The third-order valence-corrected chi connectivity index (χ3v) is 3.98. The maximum atomic E-state index is 13.2. The molecule has 0 radical (unpaired) electrons. The van der Waals surface area contributed by atoms with E-state index in [4.69, 9.17) is 17.3 Å². The third-order valence-electron chi connectivity index (χ3n) is 3.68. The van der Waals surface area contributed by atoms with Gasteiger partial charge >= 0.3 is 6.18 Å². The van der Waals surface area contributed by atoms with Gasteiger partial charge in [0, 0.05) is 5.56 Å². The molecule has 0 aliphatic carbocycles. The van der Waals surface area contributed by atoms with Gasteiger partial charge in [-0.05, 0) is 25.3 Å². The fourth-order valence-corrected chi connectivity index (χ4v) is 3.01. The van der Waals surface area contributed by atoms with Crippen LogP contribution in [0.25, 0.3) is 11.4 Å². The summed E-state index contributed by atoms with van der Waals surface area (Å²) in [4.78, 5) is 4.14. The Labute approximate surface area is 124 Å². The van der Waals surface area contributed by atoms with E-state index in [1.807, 2.05) is 0 Å². The number of hydrogen-bond donors (Lipinski definition) is 1. The fourth-order valence-electron chi connectivity index (χ4n) is 2.74. The van der Waals surface area contributed by atoms with E-state index in [2.05, 4.69) is 4.98 Å². The topological polar surface area (TPSA) is 43.8 Å². The van der Waals surface area contributed by atoms with Crippen LogP contribution in [0.15, 0.2) is 24.3 Å². The van der Waals surface area contributed by atoms with Gasteiger partial charge in [-0.1, -0.05) is 29.8 Å². The van der Waals surface area contributed by atoms with Crippen molar-refractivity contribution in [1.82, 2.24) is 9.55 Å². The van der Waals surface area contributed by atoms with Crippen molar-refractivity contribution in [2.24, 2.45) is 5.73 Å². The first-order valence-electron chi connectivity index (χ1n) is 6.58. The number of nitrogens with two attached hydrogens (primary N) is 1. The van der Waals surface area contributed by atoms with E-state index < -0.39 is 17.9 Å². The van der Waals surface area contributed by atoms with Crippen molar-refractivity contribution >= 4 is 11.6 Å². The molecule has 2 aromatic rings. The molecule has 112 valence electrons. The molecule has 2 heterocycles. The Hall–Kier alpha value is -1.53. The zero-order valence-corrected chi connectivity index (χ0v) is 11.7. The molecule has 1 aliphatic heterocycles. The number of benzene rings is 1. The van der Waals surface area contributed by atoms with Gasteiger partial charge in [-0.25, -0.2) is 4.98 Å². The smallest absolute Gasteiger partial charge is 0.311 e. The van der Waals surface area contributed by atoms with Crippen LogP contribution in [-0.4, -0.2) is 9.55 Å². The van der Waals surface area contributed by atoms with Crippen molar-refractivity contribution in [2.75, 3.05) is 0 Å². The summed E-state index contributed by atoms with van der Waals surface area (Å²) >= 11 is 6.08. The number of aromatic nitrogens is 2. The van der Waals surface area contributed by atoms with Crippen LogP contribution < -0.4 is 5.73 Å². The first kappa shape index (κ1) is 14.4. The van der Waals surface area contributed by atoms with E-state index in [9.17, 15) is 13.2 Å². The van der Waals surface area contributed by atoms with Gasteiger partial charge in [-0.3, -0.25) is 0 Å². The Balaban J connectivity index is 2.24.